The summed E-state index contributed by atoms with van der Waals surface area (Å²) in [6, 6.07) is 11.6. The first-order valence-corrected chi connectivity index (χ1v) is 9.56. The molecule has 28 heavy (non-hydrogen) atoms. The topological polar surface area (TPSA) is 92.1 Å². The zero-order valence-corrected chi connectivity index (χ0v) is 16.3. The van der Waals surface area contributed by atoms with Gasteiger partial charge >= 0.3 is 0 Å². The van der Waals surface area contributed by atoms with E-state index in [1.54, 1.807) is 0 Å². The fourth-order valence-electron chi connectivity index (χ4n) is 3.07. The Morgan fingerprint density at radius 1 is 1.21 bits per heavy atom. The number of likely N-dealkylation sites (N-methyl/N-ethyl adjacent to an activating group) is 1. The molecule has 1 aromatic carbocycles. The normalized spacial score (nSPS) is 15.6. The molecule has 1 aliphatic carbocycles. The Kier molecular flexibility index (Phi) is 6.32. The zero-order chi connectivity index (χ0) is 19.9. The highest BCUT2D eigenvalue weighted by molar-refractivity contribution is 5.96. The summed E-state index contributed by atoms with van der Waals surface area (Å²) in [5.74, 6) is 1.76. The van der Waals surface area contributed by atoms with Gasteiger partial charge in [0.15, 0.2) is 0 Å². The number of carbonyl (C=O) groups is 1. The minimum absolute atomic E-state index is 0.0229. The van der Waals surface area contributed by atoms with Crippen LogP contribution in [0.15, 0.2) is 60.2 Å². The standard InChI is InChI=1S/C22H27N5O/c1-3-24-22(28)17-8-4-7-16(13-17)14-25-20-11-6-12-21(27-20)26-19-10-5-9-18(23)15(19)2/h4-6,8-13,16H,3,7,14,23H2,1-2H3,(H,24,28)(H2,25,26,27). The molecule has 0 saturated heterocycles. The second-order valence-corrected chi connectivity index (χ2v) is 6.81. The summed E-state index contributed by atoms with van der Waals surface area (Å²) in [6.07, 6.45) is 6.86. The number of amides is 1. The molecule has 1 aromatic heterocycles. The van der Waals surface area contributed by atoms with E-state index in [-0.39, 0.29) is 11.8 Å². The zero-order valence-electron chi connectivity index (χ0n) is 16.3. The number of nitrogens with zero attached hydrogens (tertiary/aromatic N) is 1. The lowest BCUT2D eigenvalue weighted by atomic mass is 9.95. The van der Waals surface area contributed by atoms with Crippen LogP contribution < -0.4 is 21.7 Å². The summed E-state index contributed by atoms with van der Waals surface area (Å²) in [5, 5.41) is 9.53. The number of hydrogen-bond donors (Lipinski definition) is 4. The van der Waals surface area contributed by atoms with Crippen molar-refractivity contribution in [2.24, 2.45) is 5.92 Å². The third kappa shape index (κ3) is 4.91. The molecule has 1 unspecified atom stereocenters. The number of hydrogen-bond acceptors (Lipinski definition) is 5. The maximum absolute atomic E-state index is 12.0. The highest BCUT2D eigenvalue weighted by Crippen LogP contribution is 2.24. The first-order chi connectivity index (χ1) is 13.6. The number of nitrogens with two attached hydrogens (primary N) is 1. The van der Waals surface area contributed by atoms with E-state index in [9.17, 15) is 4.79 Å². The fourth-order valence-corrected chi connectivity index (χ4v) is 3.07. The van der Waals surface area contributed by atoms with E-state index >= 15 is 0 Å². The van der Waals surface area contributed by atoms with Gasteiger partial charge in [-0.25, -0.2) is 4.98 Å². The van der Waals surface area contributed by atoms with Crippen LogP contribution in [0.25, 0.3) is 0 Å². The number of pyridine rings is 1. The number of benzene rings is 1. The Hall–Kier alpha value is -3.28. The molecular formula is C22H27N5O. The molecule has 6 heteroatoms. The number of nitrogen functional groups attached to an aromatic ring is 1. The molecule has 0 bridgehead atoms. The highest BCUT2D eigenvalue weighted by Gasteiger charge is 2.14. The molecule has 146 valence electrons. The van der Waals surface area contributed by atoms with E-state index in [2.05, 4.69) is 20.9 Å². The predicted octanol–water partition coefficient (Wildman–Crippen LogP) is 3.77. The van der Waals surface area contributed by atoms with Crippen molar-refractivity contribution in [1.82, 2.24) is 10.3 Å². The third-order valence-electron chi connectivity index (χ3n) is 4.68. The summed E-state index contributed by atoms with van der Waals surface area (Å²) in [5.41, 5.74) is 9.39. The Balaban J connectivity index is 1.63. The highest BCUT2D eigenvalue weighted by atomic mass is 16.1. The minimum Gasteiger partial charge on any atom is -0.398 e. The van der Waals surface area contributed by atoms with Gasteiger partial charge < -0.3 is 21.7 Å². The number of anilines is 4. The van der Waals surface area contributed by atoms with Gasteiger partial charge in [-0.05, 0) is 56.0 Å². The smallest absolute Gasteiger partial charge is 0.250 e. The van der Waals surface area contributed by atoms with E-state index in [0.717, 1.165) is 40.6 Å². The lowest BCUT2D eigenvalue weighted by molar-refractivity contribution is -0.117. The van der Waals surface area contributed by atoms with Crippen molar-refractivity contribution in [2.45, 2.75) is 20.3 Å². The maximum atomic E-state index is 12.0. The number of allylic oxidation sites excluding steroid dienone is 1. The number of nitrogens with one attached hydrogen (secondary N) is 3. The van der Waals surface area contributed by atoms with Crippen LogP contribution in [0.4, 0.5) is 23.0 Å². The molecule has 0 radical (unpaired) electrons. The molecular weight excluding hydrogens is 350 g/mol. The van der Waals surface area contributed by atoms with E-state index in [0.29, 0.717) is 13.1 Å². The SMILES string of the molecule is CCNC(=O)C1=CC(CNc2cccc(Nc3cccc(N)c3C)n2)CC=C1. The minimum atomic E-state index is -0.0229. The van der Waals surface area contributed by atoms with Crippen LogP contribution in [0.2, 0.25) is 0 Å². The van der Waals surface area contributed by atoms with Crippen LogP contribution in [-0.2, 0) is 4.79 Å². The predicted molar refractivity (Wildman–Crippen MR) is 116 cm³/mol. The lowest BCUT2D eigenvalue weighted by Crippen LogP contribution is -2.26. The molecule has 1 amide bonds. The molecule has 0 aliphatic heterocycles. The monoisotopic (exact) mass is 377 g/mol. The van der Waals surface area contributed by atoms with Gasteiger partial charge in [-0.15, -0.1) is 0 Å². The van der Waals surface area contributed by atoms with Crippen molar-refractivity contribution in [3.63, 3.8) is 0 Å². The second kappa shape index (κ2) is 9.08. The molecule has 0 spiro atoms. The van der Waals surface area contributed by atoms with Crippen molar-refractivity contribution < 1.29 is 4.79 Å². The second-order valence-electron chi connectivity index (χ2n) is 6.81. The van der Waals surface area contributed by atoms with Crippen molar-refractivity contribution in [1.29, 1.82) is 0 Å². The van der Waals surface area contributed by atoms with Crippen molar-refractivity contribution >= 4 is 28.9 Å². The van der Waals surface area contributed by atoms with Gasteiger partial charge in [0.05, 0.1) is 0 Å². The van der Waals surface area contributed by atoms with E-state index < -0.39 is 0 Å². The molecule has 1 atom stereocenters. The third-order valence-corrected chi connectivity index (χ3v) is 4.68. The van der Waals surface area contributed by atoms with Crippen LogP contribution in [0, 0.1) is 12.8 Å². The molecule has 1 heterocycles. The van der Waals surface area contributed by atoms with Gasteiger partial charge in [-0.3, -0.25) is 4.79 Å². The first kappa shape index (κ1) is 19.5. The summed E-state index contributed by atoms with van der Waals surface area (Å²) < 4.78 is 0. The Bertz CT molecular complexity index is 904. The van der Waals surface area contributed by atoms with Gasteiger partial charge in [-0.2, -0.15) is 0 Å². The summed E-state index contributed by atoms with van der Waals surface area (Å²) in [7, 11) is 0. The van der Waals surface area contributed by atoms with Crippen molar-refractivity contribution in [2.75, 3.05) is 29.5 Å². The molecule has 2 aromatic rings. The molecule has 3 rings (SSSR count). The number of carbonyl (C=O) groups excluding carboxylic acids is 1. The van der Waals surface area contributed by atoms with Crippen LogP contribution in [0.5, 0.6) is 0 Å². The first-order valence-electron chi connectivity index (χ1n) is 9.56. The quantitative estimate of drug-likeness (QED) is 0.551. The average Bonchev–Trinajstić information content (AvgIpc) is 2.71. The number of rotatable bonds is 7. The van der Waals surface area contributed by atoms with Crippen LogP contribution in [0.3, 0.4) is 0 Å². The Labute approximate surface area is 165 Å². The molecule has 6 nitrogen and oxygen atoms in total. The average molecular weight is 377 g/mol. The van der Waals surface area contributed by atoms with E-state index in [4.69, 9.17) is 5.73 Å². The molecule has 0 fully saturated rings. The van der Waals surface area contributed by atoms with Gasteiger partial charge in [0.1, 0.15) is 11.6 Å². The molecule has 1 aliphatic rings. The fraction of sp³-hybridized carbons (Fsp3) is 0.273. The van der Waals surface area contributed by atoms with Crippen LogP contribution in [0.1, 0.15) is 18.9 Å². The van der Waals surface area contributed by atoms with Crippen LogP contribution in [-0.4, -0.2) is 24.0 Å². The Morgan fingerprint density at radius 2 is 2.00 bits per heavy atom. The molecule has 5 N–H and O–H groups in total. The van der Waals surface area contributed by atoms with Crippen LogP contribution >= 0.6 is 0 Å². The summed E-state index contributed by atoms with van der Waals surface area (Å²) >= 11 is 0. The summed E-state index contributed by atoms with van der Waals surface area (Å²) in [6.45, 7) is 5.24. The van der Waals surface area contributed by atoms with Crippen molar-refractivity contribution in [3.8, 4) is 0 Å². The van der Waals surface area contributed by atoms with Gasteiger partial charge in [0.2, 0.25) is 0 Å². The summed E-state index contributed by atoms with van der Waals surface area (Å²) in [4.78, 5) is 16.6. The van der Waals surface area contributed by atoms with Gasteiger partial charge in [-0.1, -0.05) is 30.4 Å². The lowest BCUT2D eigenvalue weighted by Gasteiger charge is -2.18. The van der Waals surface area contributed by atoms with E-state index in [1.165, 1.54) is 0 Å². The largest absolute Gasteiger partial charge is 0.398 e. The van der Waals surface area contributed by atoms with Gasteiger partial charge in [0, 0.05) is 30.0 Å². The Morgan fingerprint density at radius 3 is 2.82 bits per heavy atom. The van der Waals surface area contributed by atoms with Crippen molar-refractivity contribution in [3.05, 3.63) is 65.8 Å². The van der Waals surface area contributed by atoms with Gasteiger partial charge in [0.25, 0.3) is 5.91 Å². The molecule has 0 saturated carbocycles. The number of aromatic nitrogens is 1. The maximum Gasteiger partial charge on any atom is 0.250 e. The van der Waals surface area contributed by atoms with E-state index in [1.807, 2.05) is 68.5 Å².